The zero-order valence-corrected chi connectivity index (χ0v) is 14.2. The predicted molar refractivity (Wildman–Crippen MR) is 87.9 cm³/mol. The SMILES string of the molecule is CC(C)C1NC(=O)CCN(c2ccc(Cl)cc2I)C1=O. The molecule has 0 saturated carbocycles. The Morgan fingerprint density at radius 2 is 2.10 bits per heavy atom. The van der Waals surface area contributed by atoms with Crippen LogP contribution in [0.2, 0.25) is 5.02 Å². The third kappa shape index (κ3) is 3.25. The molecule has 2 rings (SSSR count). The van der Waals surface area contributed by atoms with Gasteiger partial charge in [-0.3, -0.25) is 9.59 Å². The van der Waals surface area contributed by atoms with Crippen LogP contribution in [0.4, 0.5) is 5.69 Å². The summed E-state index contributed by atoms with van der Waals surface area (Å²) in [6, 6.07) is 4.93. The molecule has 1 saturated heterocycles. The van der Waals surface area contributed by atoms with Gasteiger partial charge in [0.25, 0.3) is 0 Å². The van der Waals surface area contributed by atoms with Crippen molar-refractivity contribution in [3.63, 3.8) is 0 Å². The lowest BCUT2D eigenvalue weighted by Gasteiger charge is -2.27. The Morgan fingerprint density at radius 3 is 2.70 bits per heavy atom. The molecule has 1 aliphatic heterocycles. The zero-order chi connectivity index (χ0) is 14.9. The molecule has 1 aliphatic rings. The number of hydrogen-bond acceptors (Lipinski definition) is 2. The second-order valence-electron chi connectivity index (χ2n) is 5.12. The smallest absolute Gasteiger partial charge is 0.249 e. The van der Waals surface area contributed by atoms with Crippen molar-refractivity contribution in [1.29, 1.82) is 0 Å². The Hall–Kier alpha value is -0.820. The highest BCUT2D eigenvalue weighted by Crippen LogP contribution is 2.28. The summed E-state index contributed by atoms with van der Waals surface area (Å²) < 4.78 is 0.903. The highest BCUT2D eigenvalue weighted by atomic mass is 127. The van der Waals surface area contributed by atoms with Crippen molar-refractivity contribution in [1.82, 2.24) is 5.32 Å². The van der Waals surface area contributed by atoms with Crippen molar-refractivity contribution in [3.05, 3.63) is 26.8 Å². The fourth-order valence-electron chi connectivity index (χ4n) is 2.19. The van der Waals surface area contributed by atoms with Gasteiger partial charge in [0.05, 0.1) is 5.69 Å². The molecule has 1 aromatic carbocycles. The molecule has 2 amide bonds. The molecule has 0 aliphatic carbocycles. The number of carbonyl (C=O) groups is 2. The monoisotopic (exact) mass is 406 g/mol. The number of nitrogens with one attached hydrogen (secondary N) is 1. The molecule has 1 atom stereocenters. The summed E-state index contributed by atoms with van der Waals surface area (Å²) in [5, 5.41) is 3.43. The number of benzene rings is 1. The van der Waals surface area contributed by atoms with Crippen LogP contribution in [0, 0.1) is 9.49 Å². The van der Waals surface area contributed by atoms with Crippen LogP contribution in [0.1, 0.15) is 20.3 Å². The molecule has 20 heavy (non-hydrogen) atoms. The Balaban J connectivity index is 2.38. The first kappa shape index (κ1) is 15.6. The lowest BCUT2D eigenvalue weighted by atomic mass is 10.0. The van der Waals surface area contributed by atoms with Crippen LogP contribution in [0.5, 0.6) is 0 Å². The van der Waals surface area contributed by atoms with Crippen LogP contribution in [0.3, 0.4) is 0 Å². The zero-order valence-electron chi connectivity index (χ0n) is 11.3. The van der Waals surface area contributed by atoms with E-state index in [4.69, 9.17) is 11.6 Å². The average molecular weight is 407 g/mol. The molecule has 0 spiro atoms. The summed E-state index contributed by atoms with van der Waals surface area (Å²) in [5.74, 6) is -0.0911. The number of anilines is 1. The van der Waals surface area contributed by atoms with Gasteiger partial charge in [-0.05, 0) is 46.7 Å². The highest BCUT2D eigenvalue weighted by Gasteiger charge is 2.33. The molecule has 4 nitrogen and oxygen atoms in total. The fraction of sp³-hybridized carbons (Fsp3) is 0.429. The third-order valence-electron chi connectivity index (χ3n) is 3.28. The quantitative estimate of drug-likeness (QED) is 0.768. The molecule has 1 fully saturated rings. The summed E-state index contributed by atoms with van der Waals surface area (Å²) in [7, 11) is 0. The van der Waals surface area contributed by atoms with E-state index in [1.54, 1.807) is 11.0 Å². The first-order chi connectivity index (χ1) is 9.40. The minimum atomic E-state index is -0.475. The molecule has 1 unspecified atom stereocenters. The molecule has 1 N–H and O–H groups in total. The van der Waals surface area contributed by atoms with Gasteiger partial charge in [0, 0.05) is 21.6 Å². The van der Waals surface area contributed by atoms with Crippen LogP contribution < -0.4 is 10.2 Å². The topological polar surface area (TPSA) is 49.4 Å². The second-order valence-corrected chi connectivity index (χ2v) is 6.72. The lowest BCUT2D eigenvalue weighted by Crippen LogP contribution is -2.48. The Morgan fingerprint density at radius 1 is 1.40 bits per heavy atom. The minimum Gasteiger partial charge on any atom is -0.344 e. The maximum atomic E-state index is 12.6. The molecule has 1 heterocycles. The maximum Gasteiger partial charge on any atom is 0.249 e. The number of amides is 2. The number of rotatable bonds is 2. The van der Waals surface area contributed by atoms with E-state index in [-0.39, 0.29) is 17.7 Å². The number of halogens is 2. The van der Waals surface area contributed by atoms with Gasteiger partial charge >= 0.3 is 0 Å². The normalized spacial score (nSPS) is 20.1. The number of hydrogen-bond donors (Lipinski definition) is 1. The summed E-state index contributed by atoms with van der Waals surface area (Å²) in [6.45, 7) is 4.25. The van der Waals surface area contributed by atoms with E-state index in [9.17, 15) is 9.59 Å². The summed E-state index contributed by atoms with van der Waals surface area (Å²) >= 11 is 8.11. The molecule has 108 valence electrons. The van der Waals surface area contributed by atoms with E-state index in [0.29, 0.717) is 18.0 Å². The first-order valence-electron chi connectivity index (χ1n) is 6.46. The van der Waals surface area contributed by atoms with E-state index in [0.717, 1.165) is 9.26 Å². The van der Waals surface area contributed by atoms with E-state index in [1.165, 1.54) is 0 Å². The first-order valence-corrected chi connectivity index (χ1v) is 7.91. The Bertz CT molecular complexity index is 548. The van der Waals surface area contributed by atoms with E-state index >= 15 is 0 Å². The van der Waals surface area contributed by atoms with Crippen molar-refractivity contribution in [3.8, 4) is 0 Å². The molecular weight excluding hydrogens is 391 g/mol. The van der Waals surface area contributed by atoms with Gasteiger partial charge in [-0.2, -0.15) is 0 Å². The van der Waals surface area contributed by atoms with Crippen LogP contribution in [-0.4, -0.2) is 24.4 Å². The van der Waals surface area contributed by atoms with E-state index in [1.807, 2.05) is 26.0 Å². The van der Waals surface area contributed by atoms with Gasteiger partial charge in [0.2, 0.25) is 11.8 Å². The van der Waals surface area contributed by atoms with E-state index < -0.39 is 6.04 Å². The summed E-state index contributed by atoms with van der Waals surface area (Å²) in [5.41, 5.74) is 0.808. The highest BCUT2D eigenvalue weighted by molar-refractivity contribution is 14.1. The van der Waals surface area contributed by atoms with Crippen molar-refractivity contribution in [2.45, 2.75) is 26.3 Å². The summed E-state index contributed by atoms with van der Waals surface area (Å²) in [4.78, 5) is 26.1. The molecule has 1 aromatic rings. The van der Waals surface area contributed by atoms with Crippen LogP contribution in [0.15, 0.2) is 18.2 Å². The Kier molecular flexibility index (Phi) is 4.90. The average Bonchev–Trinajstić information content (AvgIpc) is 2.50. The fourth-order valence-corrected chi connectivity index (χ4v) is 3.35. The Labute approximate surface area is 137 Å². The van der Waals surface area contributed by atoms with Crippen molar-refractivity contribution >= 4 is 51.7 Å². The molecule has 0 radical (unpaired) electrons. The van der Waals surface area contributed by atoms with Gasteiger partial charge in [0.1, 0.15) is 6.04 Å². The van der Waals surface area contributed by atoms with Crippen LogP contribution >= 0.6 is 34.2 Å². The van der Waals surface area contributed by atoms with E-state index in [2.05, 4.69) is 27.9 Å². The third-order valence-corrected chi connectivity index (χ3v) is 4.38. The number of nitrogens with zero attached hydrogens (tertiary/aromatic N) is 1. The van der Waals surface area contributed by atoms with Crippen LogP contribution in [-0.2, 0) is 9.59 Å². The summed E-state index contributed by atoms with van der Waals surface area (Å²) in [6.07, 6.45) is 0.313. The van der Waals surface area contributed by atoms with Gasteiger partial charge in [-0.25, -0.2) is 0 Å². The molecule has 6 heteroatoms. The van der Waals surface area contributed by atoms with Gasteiger partial charge in [-0.15, -0.1) is 0 Å². The standard InChI is InChI=1S/C14H16ClIN2O2/c1-8(2)13-14(20)18(6-5-12(19)17-13)11-4-3-9(15)7-10(11)16/h3-4,7-8,13H,5-6H2,1-2H3,(H,17,19). The maximum absolute atomic E-state index is 12.6. The van der Waals surface area contributed by atoms with Crippen molar-refractivity contribution < 1.29 is 9.59 Å². The van der Waals surface area contributed by atoms with Crippen LogP contribution in [0.25, 0.3) is 0 Å². The predicted octanol–water partition coefficient (Wildman–Crippen LogP) is 2.82. The number of carbonyl (C=O) groups excluding carboxylic acids is 2. The molecule has 0 aromatic heterocycles. The molecular formula is C14H16ClIN2O2. The minimum absolute atomic E-state index is 0.0528. The van der Waals surface area contributed by atoms with Crippen molar-refractivity contribution in [2.75, 3.05) is 11.4 Å². The van der Waals surface area contributed by atoms with Gasteiger partial charge < -0.3 is 10.2 Å². The second kappa shape index (κ2) is 6.30. The van der Waals surface area contributed by atoms with Gasteiger partial charge in [0.15, 0.2) is 0 Å². The molecule has 0 bridgehead atoms. The largest absolute Gasteiger partial charge is 0.344 e. The van der Waals surface area contributed by atoms with Gasteiger partial charge in [-0.1, -0.05) is 25.4 Å². The lowest BCUT2D eigenvalue weighted by molar-refractivity contribution is -0.126. The van der Waals surface area contributed by atoms with Crippen molar-refractivity contribution in [2.24, 2.45) is 5.92 Å².